The van der Waals surface area contributed by atoms with Crippen LogP contribution in [-0.4, -0.2) is 41.0 Å². The molecule has 1 aromatic heterocycles. The summed E-state index contributed by atoms with van der Waals surface area (Å²) in [7, 11) is 0. The minimum atomic E-state index is 0.507. The Hall–Kier alpha value is -2.18. The maximum absolute atomic E-state index is 5.80. The molecule has 116 valence electrons. The van der Waals surface area contributed by atoms with Crippen LogP contribution in [0.4, 0.5) is 17.5 Å². The van der Waals surface area contributed by atoms with Crippen LogP contribution in [0, 0.1) is 6.92 Å². The molecule has 0 amide bonds. The molecule has 1 aliphatic heterocycles. The summed E-state index contributed by atoms with van der Waals surface area (Å²) in [5, 5.41) is 6.55. The molecule has 0 aliphatic carbocycles. The summed E-state index contributed by atoms with van der Waals surface area (Å²) >= 11 is 0. The van der Waals surface area contributed by atoms with E-state index >= 15 is 0 Å². The normalized spacial score (nSPS) is 15.7. The Bertz CT molecular complexity index is 619. The Morgan fingerprint density at radius 1 is 1.23 bits per heavy atom. The number of hydrogen-bond donors (Lipinski definition) is 3. The predicted molar refractivity (Wildman–Crippen MR) is 89.1 cm³/mol. The van der Waals surface area contributed by atoms with Gasteiger partial charge in [0.05, 0.1) is 0 Å². The van der Waals surface area contributed by atoms with Crippen molar-refractivity contribution in [1.29, 1.82) is 0 Å². The fourth-order valence-corrected chi connectivity index (χ4v) is 2.47. The maximum Gasteiger partial charge on any atom is 0.229 e. The molecule has 1 fully saturated rings. The van der Waals surface area contributed by atoms with Crippen molar-refractivity contribution >= 4 is 17.5 Å². The molecule has 22 heavy (non-hydrogen) atoms. The highest BCUT2D eigenvalue weighted by molar-refractivity contribution is 5.55. The Morgan fingerprint density at radius 3 is 2.64 bits per heavy atom. The first-order valence-corrected chi connectivity index (χ1v) is 7.59. The fourth-order valence-electron chi connectivity index (χ4n) is 2.47. The van der Waals surface area contributed by atoms with Crippen LogP contribution in [0.15, 0.2) is 30.5 Å². The molecule has 1 aliphatic rings. The number of nitrogens with two attached hydrogens (primary N) is 1. The summed E-state index contributed by atoms with van der Waals surface area (Å²) in [6.07, 6.45) is 1.73. The lowest BCUT2D eigenvalue weighted by Crippen LogP contribution is -2.42. The highest BCUT2D eigenvalue weighted by Crippen LogP contribution is 2.16. The molecule has 0 atom stereocenters. The fraction of sp³-hybridized carbons (Fsp3) is 0.375. The van der Waals surface area contributed by atoms with E-state index in [1.165, 1.54) is 5.56 Å². The lowest BCUT2D eigenvalue weighted by molar-refractivity contribution is 0.233. The van der Waals surface area contributed by atoms with E-state index < -0.39 is 0 Å². The van der Waals surface area contributed by atoms with Gasteiger partial charge in [-0.2, -0.15) is 4.98 Å². The van der Waals surface area contributed by atoms with Crippen molar-refractivity contribution in [2.75, 3.05) is 37.2 Å². The van der Waals surface area contributed by atoms with Crippen LogP contribution in [0.3, 0.4) is 0 Å². The number of hydrogen-bond acceptors (Lipinski definition) is 6. The van der Waals surface area contributed by atoms with Gasteiger partial charge in [0.15, 0.2) is 0 Å². The van der Waals surface area contributed by atoms with E-state index in [1.807, 2.05) is 6.92 Å². The third-order valence-corrected chi connectivity index (χ3v) is 3.84. The lowest BCUT2D eigenvalue weighted by Gasteiger charge is -2.27. The van der Waals surface area contributed by atoms with E-state index in [4.69, 9.17) is 5.73 Å². The maximum atomic E-state index is 5.80. The van der Waals surface area contributed by atoms with Gasteiger partial charge in [0, 0.05) is 50.2 Å². The number of anilines is 3. The number of piperazine rings is 1. The van der Waals surface area contributed by atoms with Gasteiger partial charge in [-0.25, -0.2) is 4.98 Å². The Morgan fingerprint density at radius 2 is 1.95 bits per heavy atom. The van der Waals surface area contributed by atoms with Crippen molar-refractivity contribution < 1.29 is 0 Å². The predicted octanol–water partition coefficient (Wildman–Crippen LogP) is 1.52. The number of benzene rings is 1. The molecule has 0 unspecified atom stereocenters. The summed E-state index contributed by atoms with van der Waals surface area (Å²) in [6, 6.07) is 8.39. The summed E-state index contributed by atoms with van der Waals surface area (Å²) in [5.41, 5.74) is 8.97. The SMILES string of the molecule is Cc1cnc(Nc2ccc(CN3CCNCC3)cc2)nc1N. The molecule has 6 heteroatoms. The van der Waals surface area contributed by atoms with Crippen molar-refractivity contribution in [3.05, 3.63) is 41.6 Å². The van der Waals surface area contributed by atoms with Crippen LogP contribution >= 0.6 is 0 Å². The number of nitrogens with one attached hydrogen (secondary N) is 2. The minimum Gasteiger partial charge on any atom is -0.383 e. The standard InChI is InChI=1S/C16H22N6/c1-12-10-19-16(21-15(12)17)20-14-4-2-13(3-5-14)11-22-8-6-18-7-9-22/h2-5,10,18H,6-9,11H2,1H3,(H3,17,19,20,21). The van der Waals surface area contributed by atoms with E-state index in [-0.39, 0.29) is 0 Å². The molecule has 1 aromatic carbocycles. The van der Waals surface area contributed by atoms with E-state index in [9.17, 15) is 0 Å². The van der Waals surface area contributed by atoms with Gasteiger partial charge in [0.1, 0.15) is 5.82 Å². The van der Waals surface area contributed by atoms with Gasteiger partial charge in [0.25, 0.3) is 0 Å². The van der Waals surface area contributed by atoms with E-state index in [1.54, 1.807) is 6.20 Å². The summed E-state index contributed by atoms with van der Waals surface area (Å²) in [5.74, 6) is 1.03. The van der Waals surface area contributed by atoms with Crippen LogP contribution in [-0.2, 0) is 6.54 Å². The summed E-state index contributed by atoms with van der Waals surface area (Å²) in [6.45, 7) is 7.25. The number of rotatable bonds is 4. The van der Waals surface area contributed by atoms with Crippen LogP contribution < -0.4 is 16.4 Å². The Kier molecular flexibility index (Phi) is 4.50. The second-order valence-electron chi connectivity index (χ2n) is 5.61. The Balaban J connectivity index is 1.62. The lowest BCUT2D eigenvalue weighted by atomic mass is 10.2. The smallest absolute Gasteiger partial charge is 0.229 e. The first-order valence-electron chi connectivity index (χ1n) is 7.59. The Labute approximate surface area is 130 Å². The van der Waals surface area contributed by atoms with Crippen molar-refractivity contribution in [1.82, 2.24) is 20.2 Å². The second kappa shape index (κ2) is 6.72. The molecule has 4 N–H and O–H groups in total. The average molecular weight is 298 g/mol. The molecule has 0 bridgehead atoms. The quantitative estimate of drug-likeness (QED) is 0.794. The average Bonchev–Trinajstić information content (AvgIpc) is 2.54. The zero-order valence-corrected chi connectivity index (χ0v) is 12.8. The molecule has 6 nitrogen and oxygen atoms in total. The highest BCUT2D eigenvalue weighted by Gasteiger charge is 2.09. The molecular formula is C16H22N6. The summed E-state index contributed by atoms with van der Waals surface area (Å²) in [4.78, 5) is 10.9. The van der Waals surface area contributed by atoms with Gasteiger partial charge in [-0.1, -0.05) is 12.1 Å². The van der Waals surface area contributed by atoms with E-state index in [0.717, 1.165) is 44.0 Å². The molecule has 2 aromatic rings. The van der Waals surface area contributed by atoms with Gasteiger partial charge in [-0.15, -0.1) is 0 Å². The third kappa shape index (κ3) is 3.72. The van der Waals surface area contributed by atoms with Gasteiger partial charge in [0.2, 0.25) is 5.95 Å². The summed E-state index contributed by atoms with van der Waals surface area (Å²) < 4.78 is 0. The molecular weight excluding hydrogens is 276 g/mol. The minimum absolute atomic E-state index is 0.507. The number of aromatic nitrogens is 2. The van der Waals surface area contributed by atoms with Gasteiger partial charge >= 0.3 is 0 Å². The third-order valence-electron chi connectivity index (χ3n) is 3.84. The highest BCUT2D eigenvalue weighted by atomic mass is 15.2. The zero-order valence-electron chi connectivity index (χ0n) is 12.8. The molecule has 0 saturated carbocycles. The monoisotopic (exact) mass is 298 g/mol. The number of aryl methyl sites for hydroxylation is 1. The molecule has 1 saturated heterocycles. The van der Waals surface area contributed by atoms with Gasteiger partial charge in [-0.05, 0) is 24.6 Å². The van der Waals surface area contributed by atoms with Crippen LogP contribution in [0.1, 0.15) is 11.1 Å². The zero-order chi connectivity index (χ0) is 15.4. The number of nitrogen functional groups attached to an aromatic ring is 1. The van der Waals surface area contributed by atoms with Crippen molar-refractivity contribution in [2.24, 2.45) is 0 Å². The molecule has 3 rings (SSSR count). The second-order valence-corrected chi connectivity index (χ2v) is 5.61. The van der Waals surface area contributed by atoms with E-state index in [2.05, 4.69) is 49.8 Å². The van der Waals surface area contributed by atoms with Crippen LogP contribution in [0.25, 0.3) is 0 Å². The molecule has 0 spiro atoms. The van der Waals surface area contributed by atoms with Crippen LogP contribution in [0.5, 0.6) is 0 Å². The van der Waals surface area contributed by atoms with Gasteiger partial charge in [-0.3, -0.25) is 4.90 Å². The van der Waals surface area contributed by atoms with Crippen molar-refractivity contribution in [3.63, 3.8) is 0 Å². The largest absolute Gasteiger partial charge is 0.383 e. The van der Waals surface area contributed by atoms with E-state index in [0.29, 0.717) is 11.8 Å². The molecule has 2 heterocycles. The first kappa shape index (κ1) is 14.7. The van der Waals surface area contributed by atoms with Gasteiger partial charge < -0.3 is 16.4 Å². The topological polar surface area (TPSA) is 79.1 Å². The van der Waals surface area contributed by atoms with Crippen molar-refractivity contribution in [2.45, 2.75) is 13.5 Å². The first-order chi connectivity index (χ1) is 10.7. The van der Waals surface area contributed by atoms with Crippen molar-refractivity contribution in [3.8, 4) is 0 Å². The molecule has 0 radical (unpaired) electrons. The van der Waals surface area contributed by atoms with Crippen LogP contribution in [0.2, 0.25) is 0 Å². The number of nitrogens with zero attached hydrogens (tertiary/aromatic N) is 3.